The van der Waals surface area contributed by atoms with Gasteiger partial charge < -0.3 is 20.5 Å². The zero-order valence-electron chi connectivity index (χ0n) is 16.8. The molecule has 0 spiro atoms. The minimum atomic E-state index is -0.192. The molecule has 0 radical (unpaired) electrons. The van der Waals surface area contributed by atoms with E-state index in [4.69, 9.17) is 4.74 Å². The number of para-hydroxylation sites is 1. The lowest BCUT2D eigenvalue weighted by Gasteiger charge is -2.08. The van der Waals surface area contributed by atoms with Crippen LogP contribution in [0.4, 0.5) is 10.8 Å². The molecule has 156 valence electrons. The maximum Gasteiger partial charge on any atom is 0.270 e. The van der Waals surface area contributed by atoms with Crippen LogP contribution in [-0.4, -0.2) is 35.4 Å². The number of amides is 1. The van der Waals surface area contributed by atoms with Crippen molar-refractivity contribution in [2.45, 2.75) is 13.0 Å². The molecule has 0 saturated heterocycles. The second-order valence-corrected chi connectivity index (χ2v) is 8.21. The molecule has 3 aromatic rings. The number of carbonyl (C=O) groups is 1. The number of methoxy groups -OCH3 is 1. The molecule has 0 saturated carbocycles. The van der Waals surface area contributed by atoms with Crippen molar-refractivity contribution in [1.82, 2.24) is 10.3 Å². The monoisotopic (exact) mass is 432 g/mol. The Morgan fingerprint density at radius 2 is 2.00 bits per heavy atom. The molecule has 7 nitrogen and oxygen atoms in total. The zero-order valence-corrected chi connectivity index (χ0v) is 17.6. The first-order chi connectivity index (χ1) is 15.1. The standard InChI is InChI=1S/C23H20N4O3S/c1-30-14-8-6-13(7-9-14)12-25-23-27-22(29)20(31-23)16-10-11-24-21(28)19-18(16)15-4-2-3-5-17(15)26-19/h2-9,29H,10-12H2,1H3,(H,24,28)(H,25,27). The van der Waals surface area contributed by atoms with Crippen LogP contribution in [0, 0.1) is 0 Å². The molecule has 0 fully saturated rings. The molecule has 3 heterocycles. The van der Waals surface area contributed by atoms with Crippen molar-refractivity contribution in [1.29, 1.82) is 0 Å². The summed E-state index contributed by atoms with van der Waals surface area (Å²) >= 11 is 1.38. The SMILES string of the molecule is COc1ccc(CNc2nc(O)c(C3=C4C(=Nc5ccccc54)C(=O)NCC3)s2)cc1. The number of carbonyl (C=O) groups excluding carboxylic acids is 1. The number of hydrogen-bond acceptors (Lipinski definition) is 7. The third-order valence-corrected chi connectivity index (χ3v) is 6.37. The van der Waals surface area contributed by atoms with E-state index in [0.29, 0.717) is 35.2 Å². The highest BCUT2D eigenvalue weighted by molar-refractivity contribution is 7.17. The van der Waals surface area contributed by atoms with Gasteiger partial charge in [0.2, 0.25) is 5.88 Å². The molecule has 1 aromatic heterocycles. The largest absolute Gasteiger partial charge is 0.497 e. The predicted molar refractivity (Wildman–Crippen MR) is 122 cm³/mol. The van der Waals surface area contributed by atoms with Crippen LogP contribution in [-0.2, 0) is 11.3 Å². The quantitative estimate of drug-likeness (QED) is 0.567. The smallest absolute Gasteiger partial charge is 0.270 e. The molecule has 0 atom stereocenters. The molecule has 5 rings (SSSR count). The summed E-state index contributed by atoms with van der Waals surface area (Å²) in [6.07, 6.45) is 0.585. The van der Waals surface area contributed by atoms with Gasteiger partial charge in [0, 0.05) is 24.2 Å². The summed E-state index contributed by atoms with van der Waals surface area (Å²) in [7, 11) is 1.64. The molecular weight excluding hydrogens is 412 g/mol. The van der Waals surface area contributed by atoms with Crippen LogP contribution in [0.5, 0.6) is 11.6 Å². The third-order valence-electron chi connectivity index (χ3n) is 5.31. The van der Waals surface area contributed by atoms with Crippen molar-refractivity contribution in [2.24, 2.45) is 4.99 Å². The summed E-state index contributed by atoms with van der Waals surface area (Å²) in [5.41, 5.74) is 4.81. The summed E-state index contributed by atoms with van der Waals surface area (Å²) in [4.78, 5) is 22.1. The maximum absolute atomic E-state index is 12.6. The fraction of sp³-hybridized carbons (Fsp3) is 0.174. The number of benzene rings is 2. The van der Waals surface area contributed by atoms with Gasteiger partial charge in [-0.3, -0.25) is 4.79 Å². The Morgan fingerprint density at radius 1 is 1.19 bits per heavy atom. The number of nitrogens with zero attached hydrogens (tertiary/aromatic N) is 2. The van der Waals surface area contributed by atoms with E-state index in [-0.39, 0.29) is 11.8 Å². The normalized spacial score (nSPS) is 15.0. The fourth-order valence-corrected chi connectivity index (χ4v) is 4.73. The third kappa shape index (κ3) is 3.55. The highest BCUT2D eigenvalue weighted by Gasteiger charge is 2.33. The molecule has 1 amide bonds. The lowest BCUT2D eigenvalue weighted by molar-refractivity contribution is -0.114. The molecule has 2 aliphatic heterocycles. The Morgan fingerprint density at radius 3 is 2.81 bits per heavy atom. The van der Waals surface area contributed by atoms with Crippen molar-refractivity contribution in [3.8, 4) is 11.6 Å². The summed E-state index contributed by atoms with van der Waals surface area (Å²) in [5.74, 6) is 0.572. The molecule has 2 aromatic carbocycles. The number of fused-ring (bicyclic) bond motifs is 3. The predicted octanol–water partition coefficient (Wildman–Crippen LogP) is 3.99. The molecule has 31 heavy (non-hydrogen) atoms. The van der Waals surface area contributed by atoms with Crippen molar-refractivity contribution < 1.29 is 14.6 Å². The van der Waals surface area contributed by atoms with Gasteiger partial charge in [0.05, 0.1) is 17.7 Å². The lowest BCUT2D eigenvalue weighted by Crippen LogP contribution is -2.29. The average Bonchev–Trinajstić information content (AvgIpc) is 3.31. The Labute approximate surface area is 183 Å². The summed E-state index contributed by atoms with van der Waals surface area (Å²) in [6, 6.07) is 15.4. The van der Waals surface area contributed by atoms with Crippen molar-refractivity contribution >= 4 is 44.9 Å². The van der Waals surface area contributed by atoms with Crippen molar-refractivity contribution in [3.63, 3.8) is 0 Å². The number of aliphatic imine (C=N–C) groups is 1. The van der Waals surface area contributed by atoms with E-state index in [0.717, 1.165) is 33.7 Å². The number of nitrogens with one attached hydrogen (secondary N) is 2. The molecule has 0 unspecified atom stereocenters. The zero-order chi connectivity index (χ0) is 21.4. The molecule has 0 bridgehead atoms. The van der Waals surface area contributed by atoms with Crippen LogP contribution < -0.4 is 15.4 Å². The van der Waals surface area contributed by atoms with Crippen LogP contribution in [0.3, 0.4) is 0 Å². The summed E-state index contributed by atoms with van der Waals surface area (Å²) < 4.78 is 5.19. The van der Waals surface area contributed by atoms with E-state index in [1.807, 2.05) is 48.5 Å². The summed E-state index contributed by atoms with van der Waals surface area (Å²) in [5, 5.41) is 17.4. The second kappa shape index (κ2) is 7.88. The molecule has 0 aliphatic carbocycles. The number of aromatic hydroxyl groups is 1. The van der Waals surface area contributed by atoms with E-state index in [1.165, 1.54) is 11.3 Å². The number of thiazole rings is 1. The first-order valence-corrected chi connectivity index (χ1v) is 10.7. The van der Waals surface area contributed by atoms with Crippen LogP contribution >= 0.6 is 11.3 Å². The van der Waals surface area contributed by atoms with Crippen LogP contribution in [0.1, 0.15) is 22.4 Å². The van der Waals surface area contributed by atoms with Gasteiger partial charge in [-0.25, -0.2) is 4.99 Å². The first kappa shape index (κ1) is 19.3. The number of aromatic nitrogens is 1. The first-order valence-electron chi connectivity index (χ1n) is 9.91. The molecule has 3 N–H and O–H groups in total. The molecule has 2 aliphatic rings. The number of ether oxygens (including phenoxy) is 1. The topological polar surface area (TPSA) is 95.8 Å². The summed E-state index contributed by atoms with van der Waals surface area (Å²) in [6.45, 7) is 1.04. The van der Waals surface area contributed by atoms with E-state index >= 15 is 0 Å². The lowest BCUT2D eigenvalue weighted by atomic mass is 9.95. The number of rotatable bonds is 5. The van der Waals surface area contributed by atoms with E-state index in [1.54, 1.807) is 7.11 Å². The van der Waals surface area contributed by atoms with E-state index < -0.39 is 0 Å². The van der Waals surface area contributed by atoms with Crippen molar-refractivity contribution in [2.75, 3.05) is 19.0 Å². The Bertz CT molecular complexity index is 1230. The highest BCUT2D eigenvalue weighted by atomic mass is 32.1. The van der Waals surface area contributed by atoms with E-state index in [9.17, 15) is 9.90 Å². The maximum atomic E-state index is 12.6. The Kier molecular flexibility index (Phi) is 4.91. The van der Waals surface area contributed by atoms with Crippen LogP contribution in [0.2, 0.25) is 0 Å². The van der Waals surface area contributed by atoms with Gasteiger partial charge in [-0.05, 0) is 35.8 Å². The number of anilines is 1. The van der Waals surface area contributed by atoms with Gasteiger partial charge in [-0.15, -0.1) is 0 Å². The second-order valence-electron chi connectivity index (χ2n) is 7.21. The van der Waals surface area contributed by atoms with Crippen molar-refractivity contribution in [3.05, 3.63) is 64.5 Å². The van der Waals surface area contributed by atoms with Gasteiger partial charge in [0.15, 0.2) is 5.13 Å². The Balaban J connectivity index is 1.48. The highest BCUT2D eigenvalue weighted by Crippen LogP contribution is 2.45. The van der Waals surface area contributed by atoms with Gasteiger partial charge in [0.25, 0.3) is 5.91 Å². The van der Waals surface area contributed by atoms with Crippen LogP contribution in [0.15, 0.2) is 53.5 Å². The van der Waals surface area contributed by atoms with Gasteiger partial charge in [-0.2, -0.15) is 4.98 Å². The fourth-order valence-electron chi connectivity index (χ4n) is 3.80. The molecule has 8 heteroatoms. The van der Waals surface area contributed by atoms with Gasteiger partial charge in [0.1, 0.15) is 11.5 Å². The minimum absolute atomic E-state index is 0.0391. The van der Waals surface area contributed by atoms with Crippen LogP contribution in [0.25, 0.3) is 11.1 Å². The minimum Gasteiger partial charge on any atom is -0.497 e. The number of hydrogen-bond donors (Lipinski definition) is 3. The average molecular weight is 433 g/mol. The van der Waals surface area contributed by atoms with Gasteiger partial charge >= 0.3 is 0 Å². The van der Waals surface area contributed by atoms with Gasteiger partial charge in [-0.1, -0.05) is 41.7 Å². The Hall–Kier alpha value is -3.65. The van der Waals surface area contributed by atoms with E-state index in [2.05, 4.69) is 20.6 Å². The molecular formula is C23H20N4O3S.